The average molecular weight is 239 g/mol. The van der Waals surface area contributed by atoms with Crippen molar-refractivity contribution in [3.63, 3.8) is 0 Å². The lowest BCUT2D eigenvalue weighted by Crippen LogP contribution is -1.96. The highest BCUT2D eigenvalue weighted by atomic mass is 19.2. The number of aromatic nitrogens is 1. The van der Waals surface area contributed by atoms with Crippen molar-refractivity contribution in [1.29, 1.82) is 0 Å². The predicted molar refractivity (Wildman–Crippen MR) is 55.5 cm³/mol. The van der Waals surface area contributed by atoms with Crippen molar-refractivity contribution < 1.29 is 18.3 Å². The van der Waals surface area contributed by atoms with Gasteiger partial charge in [0.1, 0.15) is 0 Å². The summed E-state index contributed by atoms with van der Waals surface area (Å²) in [7, 11) is 0. The summed E-state index contributed by atoms with van der Waals surface area (Å²) in [6.07, 6.45) is 0. The number of pyridine rings is 1. The molecule has 0 aliphatic rings. The van der Waals surface area contributed by atoms with Gasteiger partial charge in [-0.2, -0.15) is 4.39 Å². The number of rotatable bonds is 2. The van der Waals surface area contributed by atoms with Gasteiger partial charge < -0.3 is 5.11 Å². The normalized spacial score (nSPS) is 10.6. The first-order valence-corrected chi connectivity index (χ1v) is 4.83. The van der Waals surface area contributed by atoms with E-state index in [0.717, 1.165) is 12.1 Å². The first-order chi connectivity index (χ1) is 8.11. The lowest BCUT2D eigenvalue weighted by atomic mass is 10.1. The van der Waals surface area contributed by atoms with Crippen LogP contribution in [0.5, 0.6) is 0 Å². The first kappa shape index (κ1) is 11.6. The molecule has 0 aliphatic heterocycles. The number of halogens is 3. The van der Waals surface area contributed by atoms with Crippen molar-refractivity contribution in [2.45, 2.75) is 6.61 Å². The maximum Gasteiger partial charge on any atom is 0.213 e. The van der Waals surface area contributed by atoms with Crippen LogP contribution in [0.15, 0.2) is 30.3 Å². The molecule has 2 nitrogen and oxygen atoms in total. The van der Waals surface area contributed by atoms with Crippen LogP contribution in [0.2, 0.25) is 0 Å². The molecule has 1 heterocycles. The molecular formula is C12H8F3NO. The van der Waals surface area contributed by atoms with E-state index in [0.29, 0.717) is 0 Å². The molecule has 88 valence electrons. The van der Waals surface area contributed by atoms with Gasteiger partial charge in [-0.15, -0.1) is 0 Å². The lowest BCUT2D eigenvalue weighted by molar-refractivity contribution is 0.281. The fourth-order valence-electron chi connectivity index (χ4n) is 1.48. The van der Waals surface area contributed by atoms with Crippen molar-refractivity contribution in [2.24, 2.45) is 0 Å². The van der Waals surface area contributed by atoms with Gasteiger partial charge in [-0.3, -0.25) is 0 Å². The third-order valence-electron chi connectivity index (χ3n) is 2.26. The van der Waals surface area contributed by atoms with Gasteiger partial charge in [0.15, 0.2) is 11.6 Å². The van der Waals surface area contributed by atoms with Crippen LogP contribution in [-0.4, -0.2) is 10.1 Å². The molecule has 1 aromatic heterocycles. The summed E-state index contributed by atoms with van der Waals surface area (Å²) in [5, 5.41) is 8.90. The number of aliphatic hydroxyl groups is 1. The van der Waals surface area contributed by atoms with Crippen molar-refractivity contribution in [3.05, 3.63) is 53.5 Å². The maximum atomic E-state index is 13.5. The molecule has 0 saturated heterocycles. The SMILES string of the molecule is OCc1cc(F)nc(-c2cccc(F)c2F)c1. The second-order valence-electron chi connectivity index (χ2n) is 3.44. The topological polar surface area (TPSA) is 33.1 Å². The van der Waals surface area contributed by atoms with Crippen molar-refractivity contribution >= 4 is 0 Å². The first-order valence-electron chi connectivity index (χ1n) is 4.83. The summed E-state index contributed by atoms with van der Waals surface area (Å²) in [5.41, 5.74) is 0.0569. The highest BCUT2D eigenvalue weighted by Crippen LogP contribution is 2.23. The molecule has 1 N–H and O–H groups in total. The summed E-state index contributed by atoms with van der Waals surface area (Å²) in [6.45, 7) is -0.399. The molecule has 17 heavy (non-hydrogen) atoms. The average Bonchev–Trinajstić information content (AvgIpc) is 2.31. The zero-order valence-corrected chi connectivity index (χ0v) is 8.62. The largest absolute Gasteiger partial charge is 0.392 e. The highest BCUT2D eigenvalue weighted by Gasteiger charge is 2.12. The number of hydrogen-bond donors (Lipinski definition) is 1. The Morgan fingerprint density at radius 1 is 1.12 bits per heavy atom. The summed E-state index contributed by atoms with van der Waals surface area (Å²) < 4.78 is 39.6. The molecule has 0 fully saturated rings. The van der Waals surface area contributed by atoms with E-state index >= 15 is 0 Å². The number of hydrogen-bond acceptors (Lipinski definition) is 2. The second kappa shape index (κ2) is 4.55. The van der Waals surface area contributed by atoms with Crippen LogP contribution in [-0.2, 0) is 6.61 Å². The molecule has 0 bridgehead atoms. The van der Waals surface area contributed by atoms with Crippen molar-refractivity contribution in [1.82, 2.24) is 4.98 Å². The molecule has 2 aromatic rings. The van der Waals surface area contributed by atoms with E-state index < -0.39 is 24.2 Å². The zero-order chi connectivity index (χ0) is 12.4. The Hall–Kier alpha value is -1.88. The Morgan fingerprint density at radius 3 is 2.59 bits per heavy atom. The third-order valence-corrected chi connectivity index (χ3v) is 2.26. The second-order valence-corrected chi connectivity index (χ2v) is 3.44. The summed E-state index contributed by atoms with van der Waals surface area (Å²) >= 11 is 0. The van der Waals surface area contributed by atoms with Gasteiger partial charge in [0.05, 0.1) is 12.3 Å². The van der Waals surface area contributed by atoms with Crippen LogP contribution < -0.4 is 0 Å². The Bertz CT molecular complexity index is 557. The standard InChI is InChI=1S/C12H8F3NO/c13-9-3-1-2-8(12(9)15)10-4-7(6-17)5-11(14)16-10/h1-5,17H,6H2. The molecular weight excluding hydrogens is 231 g/mol. The van der Waals surface area contributed by atoms with Gasteiger partial charge in [-0.05, 0) is 29.8 Å². The van der Waals surface area contributed by atoms with E-state index in [2.05, 4.69) is 4.98 Å². The number of aliphatic hydroxyl groups excluding tert-OH is 1. The summed E-state index contributed by atoms with van der Waals surface area (Å²) in [4.78, 5) is 3.47. The molecule has 0 aliphatic carbocycles. The van der Waals surface area contributed by atoms with Crippen LogP contribution in [0.25, 0.3) is 11.3 Å². The minimum absolute atomic E-state index is 0.0500. The van der Waals surface area contributed by atoms with E-state index in [4.69, 9.17) is 5.11 Å². The zero-order valence-electron chi connectivity index (χ0n) is 8.62. The maximum absolute atomic E-state index is 13.5. The molecule has 1 aromatic carbocycles. The fraction of sp³-hybridized carbons (Fsp3) is 0.0833. The molecule has 2 rings (SSSR count). The van der Waals surface area contributed by atoms with E-state index in [1.54, 1.807) is 0 Å². The fourth-order valence-corrected chi connectivity index (χ4v) is 1.48. The number of nitrogens with zero attached hydrogens (tertiary/aromatic N) is 1. The third kappa shape index (κ3) is 2.29. The molecule has 0 spiro atoms. The van der Waals surface area contributed by atoms with Gasteiger partial charge in [0, 0.05) is 5.56 Å². The van der Waals surface area contributed by atoms with Gasteiger partial charge >= 0.3 is 0 Å². The lowest BCUT2D eigenvalue weighted by Gasteiger charge is -2.05. The van der Waals surface area contributed by atoms with Crippen LogP contribution in [0.1, 0.15) is 5.56 Å². The molecule has 0 atom stereocenters. The van der Waals surface area contributed by atoms with Crippen molar-refractivity contribution in [3.8, 4) is 11.3 Å². The smallest absolute Gasteiger partial charge is 0.213 e. The predicted octanol–water partition coefficient (Wildman–Crippen LogP) is 2.66. The van der Waals surface area contributed by atoms with Crippen LogP contribution >= 0.6 is 0 Å². The molecule has 5 heteroatoms. The Labute approximate surface area is 95.4 Å². The molecule has 0 saturated carbocycles. The Kier molecular flexibility index (Phi) is 3.10. The Morgan fingerprint density at radius 2 is 1.88 bits per heavy atom. The van der Waals surface area contributed by atoms with E-state index in [-0.39, 0.29) is 16.8 Å². The number of benzene rings is 1. The Balaban J connectivity index is 2.60. The molecule has 0 amide bonds. The van der Waals surface area contributed by atoms with E-state index in [1.165, 1.54) is 18.2 Å². The van der Waals surface area contributed by atoms with Crippen LogP contribution in [0.4, 0.5) is 13.2 Å². The van der Waals surface area contributed by atoms with Gasteiger partial charge in [-0.1, -0.05) is 6.07 Å². The van der Waals surface area contributed by atoms with Gasteiger partial charge in [0.25, 0.3) is 0 Å². The molecule has 0 unspecified atom stereocenters. The van der Waals surface area contributed by atoms with Crippen LogP contribution in [0, 0.1) is 17.6 Å². The van der Waals surface area contributed by atoms with Gasteiger partial charge in [0.2, 0.25) is 5.95 Å². The van der Waals surface area contributed by atoms with E-state index in [1.807, 2.05) is 0 Å². The van der Waals surface area contributed by atoms with E-state index in [9.17, 15) is 13.2 Å². The van der Waals surface area contributed by atoms with Gasteiger partial charge in [-0.25, -0.2) is 13.8 Å². The minimum atomic E-state index is -1.09. The minimum Gasteiger partial charge on any atom is -0.392 e. The molecule has 0 radical (unpaired) electrons. The van der Waals surface area contributed by atoms with Crippen LogP contribution in [0.3, 0.4) is 0 Å². The highest BCUT2D eigenvalue weighted by molar-refractivity contribution is 5.60. The summed E-state index contributed by atoms with van der Waals surface area (Å²) in [6, 6.07) is 5.90. The summed E-state index contributed by atoms with van der Waals surface area (Å²) in [5.74, 6) is -2.97. The van der Waals surface area contributed by atoms with Crippen molar-refractivity contribution in [2.75, 3.05) is 0 Å². The quantitative estimate of drug-likeness (QED) is 0.817. The monoisotopic (exact) mass is 239 g/mol.